The maximum absolute atomic E-state index is 6.04. The van der Waals surface area contributed by atoms with Crippen molar-refractivity contribution in [3.05, 3.63) is 35.5 Å². The first-order valence-electron chi connectivity index (χ1n) is 7.14. The van der Waals surface area contributed by atoms with E-state index in [1.807, 2.05) is 18.3 Å². The van der Waals surface area contributed by atoms with Crippen molar-refractivity contribution >= 4 is 28.2 Å². The van der Waals surface area contributed by atoms with E-state index in [1.165, 1.54) is 5.69 Å². The van der Waals surface area contributed by atoms with Crippen molar-refractivity contribution < 1.29 is 0 Å². The van der Waals surface area contributed by atoms with E-state index < -0.39 is 0 Å². The summed E-state index contributed by atoms with van der Waals surface area (Å²) in [7, 11) is 0. The maximum atomic E-state index is 6.04. The highest BCUT2D eigenvalue weighted by atomic mass is 35.5. The summed E-state index contributed by atoms with van der Waals surface area (Å²) in [6.45, 7) is 9.44. The Morgan fingerprint density at radius 1 is 1.30 bits per heavy atom. The van der Waals surface area contributed by atoms with Crippen LogP contribution in [0.4, 0.5) is 5.69 Å². The lowest BCUT2D eigenvalue weighted by Gasteiger charge is -2.25. The standard InChI is InChI=1S/C16H22ClN3/c1-4-20(10-9-18-12(2)3)16-7-8-19-15-11-13(17)5-6-14(15)16/h5-8,11-12,18H,4,9-10H2,1-3H3. The third-order valence-electron chi connectivity index (χ3n) is 3.34. The Morgan fingerprint density at radius 3 is 2.80 bits per heavy atom. The molecular weight excluding hydrogens is 270 g/mol. The average Bonchev–Trinajstić information content (AvgIpc) is 2.42. The molecule has 0 amide bonds. The minimum absolute atomic E-state index is 0.515. The second-order valence-corrected chi connectivity index (χ2v) is 5.62. The van der Waals surface area contributed by atoms with Gasteiger partial charge in [0.25, 0.3) is 0 Å². The number of fused-ring (bicyclic) bond motifs is 1. The molecule has 0 fully saturated rings. The molecule has 0 spiro atoms. The summed E-state index contributed by atoms with van der Waals surface area (Å²) in [5.41, 5.74) is 2.17. The summed E-state index contributed by atoms with van der Waals surface area (Å²) < 4.78 is 0. The first-order valence-corrected chi connectivity index (χ1v) is 7.52. The summed E-state index contributed by atoms with van der Waals surface area (Å²) in [6.07, 6.45) is 1.85. The number of hydrogen-bond donors (Lipinski definition) is 1. The summed E-state index contributed by atoms with van der Waals surface area (Å²) in [6, 6.07) is 8.49. The molecule has 0 saturated carbocycles. The minimum atomic E-state index is 0.515. The third-order valence-corrected chi connectivity index (χ3v) is 3.57. The Labute approximate surface area is 126 Å². The van der Waals surface area contributed by atoms with Crippen LogP contribution >= 0.6 is 11.6 Å². The molecule has 2 aromatic rings. The van der Waals surface area contributed by atoms with Crippen LogP contribution in [0.25, 0.3) is 10.9 Å². The number of halogens is 1. The van der Waals surface area contributed by atoms with Crippen LogP contribution in [0, 0.1) is 0 Å². The number of hydrogen-bond acceptors (Lipinski definition) is 3. The van der Waals surface area contributed by atoms with Gasteiger partial charge in [-0.15, -0.1) is 0 Å². The van der Waals surface area contributed by atoms with Crippen LogP contribution in [0.1, 0.15) is 20.8 Å². The quantitative estimate of drug-likeness (QED) is 0.879. The van der Waals surface area contributed by atoms with Crippen LogP contribution < -0.4 is 10.2 Å². The maximum Gasteiger partial charge on any atom is 0.0737 e. The van der Waals surface area contributed by atoms with Crippen molar-refractivity contribution in [1.29, 1.82) is 0 Å². The van der Waals surface area contributed by atoms with Gasteiger partial charge in [-0.2, -0.15) is 0 Å². The highest BCUT2D eigenvalue weighted by molar-refractivity contribution is 6.31. The first-order chi connectivity index (χ1) is 9.61. The molecule has 0 radical (unpaired) electrons. The van der Waals surface area contributed by atoms with Crippen molar-refractivity contribution in [2.75, 3.05) is 24.5 Å². The van der Waals surface area contributed by atoms with Gasteiger partial charge in [0.05, 0.1) is 5.52 Å². The molecular formula is C16H22ClN3. The lowest BCUT2D eigenvalue weighted by Crippen LogP contribution is -2.35. The number of nitrogens with zero attached hydrogens (tertiary/aromatic N) is 2. The largest absolute Gasteiger partial charge is 0.370 e. The Kier molecular flexibility index (Phi) is 5.21. The van der Waals surface area contributed by atoms with Gasteiger partial charge in [0, 0.05) is 48.0 Å². The first kappa shape index (κ1) is 15.1. The van der Waals surface area contributed by atoms with Gasteiger partial charge in [0.1, 0.15) is 0 Å². The average molecular weight is 292 g/mol. The molecule has 1 heterocycles. The SMILES string of the molecule is CCN(CCNC(C)C)c1ccnc2cc(Cl)ccc12. The van der Waals surface area contributed by atoms with E-state index >= 15 is 0 Å². The number of anilines is 1. The fourth-order valence-electron chi connectivity index (χ4n) is 2.32. The zero-order valence-electron chi connectivity index (χ0n) is 12.4. The predicted octanol–water partition coefficient (Wildman–Crippen LogP) is 3.71. The van der Waals surface area contributed by atoms with Crippen molar-refractivity contribution in [3.63, 3.8) is 0 Å². The van der Waals surface area contributed by atoms with Gasteiger partial charge in [-0.05, 0) is 31.2 Å². The highest BCUT2D eigenvalue weighted by Gasteiger charge is 2.09. The molecule has 4 heteroatoms. The number of pyridine rings is 1. The van der Waals surface area contributed by atoms with Crippen LogP contribution in [-0.4, -0.2) is 30.7 Å². The van der Waals surface area contributed by atoms with Crippen LogP contribution in [-0.2, 0) is 0 Å². The summed E-state index contributed by atoms with van der Waals surface area (Å²) in [4.78, 5) is 6.77. The van der Waals surface area contributed by atoms with E-state index in [9.17, 15) is 0 Å². The molecule has 108 valence electrons. The molecule has 1 aromatic heterocycles. The van der Waals surface area contributed by atoms with Crippen LogP contribution in [0.3, 0.4) is 0 Å². The molecule has 0 aliphatic rings. The Hall–Kier alpha value is -1.32. The second kappa shape index (κ2) is 6.91. The number of aromatic nitrogens is 1. The Bertz CT molecular complexity index is 569. The van der Waals surface area contributed by atoms with Gasteiger partial charge in [0.15, 0.2) is 0 Å². The second-order valence-electron chi connectivity index (χ2n) is 5.18. The van der Waals surface area contributed by atoms with E-state index in [2.05, 4.69) is 48.1 Å². The fourth-order valence-corrected chi connectivity index (χ4v) is 2.49. The smallest absolute Gasteiger partial charge is 0.0737 e. The van der Waals surface area contributed by atoms with Gasteiger partial charge < -0.3 is 10.2 Å². The molecule has 1 aromatic carbocycles. The van der Waals surface area contributed by atoms with E-state index in [1.54, 1.807) is 0 Å². The molecule has 0 aliphatic heterocycles. The normalized spacial score (nSPS) is 11.2. The van der Waals surface area contributed by atoms with E-state index in [0.717, 1.165) is 35.6 Å². The Morgan fingerprint density at radius 2 is 2.10 bits per heavy atom. The van der Waals surface area contributed by atoms with E-state index in [4.69, 9.17) is 11.6 Å². The van der Waals surface area contributed by atoms with E-state index in [0.29, 0.717) is 6.04 Å². The van der Waals surface area contributed by atoms with Gasteiger partial charge in [0.2, 0.25) is 0 Å². The number of nitrogens with one attached hydrogen (secondary N) is 1. The van der Waals surface area contributed by atoms with E-state index in [-0.39, 0.29) is 0 Å². The van der Waals surface area contributed by atoms with Crippen molar-refractivity contribution in [2.45, 2.75) is 26.8 Å². The van der Waals surface area contributed by atoms with Crippen molar-refractivity contribution in [1.82, 2.24) is 10.3 Å². The number of benzene rings is 1. The van der Waals surface area contributed by atoms with Crippen molar-refractivity contribution in [3.8, 4) is 0 Å². The molecule has 0 bridgehead atoms. The van der Waals surface area contributed by atoms with Gasteiger partial charge >= 0.3 is 0 Å². The fraction of sp³-hybridized carbons (Fsp3) is 0.438. The van der Waals surface area contributed by atoms with Crippen LogP contribution in [0.5, 0.6) is 0 Å². The van der Waals surface area contributed by atoms with Crippen molar-refractivity contribution in [2.24, 2.45) is 0 Å². The minimum Gasteiger partial charge on any atom is -0.370 e. The Balaban J connectivity index is 2.25. The number of rotatable bonds is 6. The number of likely N-dealkylation sites (N-methyl/N-ethyl adjacent to an activating group) is 1. The van der Waals surface area contributed by atoms with Gasteiger partial charge in [-0.3, -0.25) is 4.98 Å². The zero-order chi connectivity index (χ0) is 14.5. The molecule has 0 aliphatic carbocycles. The lowest BCUT2D eigenvalue weighted by molar-refractivity contribution is 0.584. The highest BCUT2D eigenvalue weighted by Crippen LogP contribution is 2.27. The molecule has 0 unspecified atom stereocenters. The van der Waals surface area contributed by atoms with Crippen LogP contribution in [0.2, 0.25) is 5.02 Å². The molecule has 1 N–H and O–H groups in total. The summed E-state index contributed by atoms with van der Waals surface area (Å²) in [5, 5.41) is 5.34. The molecule has 0 saturated heterocycles. The molecule has 3 nitrogen and oxygen atoms in total. The molecule has 0 atom stereocenters. The summed E-state index contributed by atoms with van der Waals surface area (Å²) in [5.74, 6) is 0. The zero-order valence-corrected chi connectivity index (χ0v) is 13.1. The monoisotopic (exact) mass is 291 g/mol. The predicted molar refractivity (Wildman–Crippen MR) is 87.8 cm³/mol. The molecule has 2 rings (SSSR count). The lowest BCUT2D eigenvalue weighted by atomic mass is 10.1. The summed E-state index contributed by atoms with van der Waals surface area (Å²) >= 11 is 6.04. The molecule has 20 heavy (non-hydrogen) atoms. The van der Waals surface area contributed by atoms with Gasteiger partial charge in [-0.1, -0.05) is 25.4 Å². The topological polar surface area (TPSA) is 28.2 Å². The third kappa shape index (κ3) is 3.62. The van der Waals surface area contributed by atoms with Crippen LogP contribution in [0.15, 0.2) is 30.5 Å². The van der Waals surface area contributed by atoms with Gasteiger partial charge in [-0.25, -0.2) is 0 Å².